The SMILES string of the molecule is CCCCCCCC/C=C\CCCCCCCCNC(=O)c1cc(C(=O)NCCCCCC)c(C(=O)NCCCCCC)cc1C(=O)NCCCCCCCC/C=C\CCCCCCCC. The number of carbonyl (C=O) groups is 4. The van der Waals surface area contributed by atoms with Crippen molar-refractivity contribution in [2.75, 3.05) is 26.2 Å². The molecule has 8 nitrogen and oxygen atoms in total. The van der Waals surface area contributed by atoms with Gasteiger partial charge in [0.15, 0.2) is 0 Å². The lowest BCUT2D eigenvalue weighted by Gasteiger charge is -2.17. The van der Waals surface area contributed by atoms with Gasteiger partial charge in [0, 0.05) is 26.2 Å². The predicted molar refractivity (Wildman–Crippen MR) is 283 cm³/mol. The van der Waals surface area contributed by atoms with Gasteiger partial charge in [0.05, 0.1) is 22.3 Å². The molecule has 0 unspecified atom stereocenters. The van der Waals surface area contributed by atoms with Gasteiger partial charge in [-0.1, -0.05) is 206 Å². The van der Waals surface area contributed by atoms with Crippen LogP contribution in [-0.4, -0.2) is 49.8 Å². The highest BCUT2D eigenvalue weighted by molar-refractivity contribution is 6.14. The maximum Gasteiger partial charge on any atom is 0.252 e. The summed E-state index contributed by atoms with van der Waals surface area (Å²) in [6.45, 7) is 10.7. The first-order valence-electron chi connectivity index (χ1n) is 28.0. The summed E-state index contributed by atoms with van der Waals surface area (Å²) in [5, 5.41) is 12.0. The number of benzene rings is 1. The minimum absolute atomic E-state index is 0.129. The Balaban J connectivity index is 2.83. The van der Waals surface area contributed by atoms with Gasteiger partial charge < -0.3 is 21.3 Å². The van der Waals surface area contributed by atoms with E-state index in [9.17, 15) is 19.2 Å². The van der Waals surface area contributed by atoms with E-state index in [0.717, 1.165) is 103 Å². The van der Waals surface area contributed by atoms with Crippen molar-refractivity contribution in [3.8, 4) is 0 Å². The van der Waals surface area contributed by atoms with Crippen molar-refractivity contribution in [2.24, 2.45) is 0 Å². The van der Waals surface area contributed by atoms with Gasteiger partial charge in [-0.05, 0) is 89.2 Å². The number of hydrogen-bond acceptors (Lipinski definition) is 4. The third-order valence-electron chi connectivity index (χ3n) is 12.7. The van der Waals surface area contributed by atoms with Crippen LogP contribution in [0, 0.1) is 0 Å². The van der Waals surface area contributed by atoms with Crippen molar-refractivity contribution in [1.82, 2.24) is 21.3 Å². The van der Waals surface area contributed by atoms with Crippen molar-refractivity contribution in [3.05, 3.63) is 58.7 Å². The number of allylic oxidation sites excluding steroid dienone is 4. The van der Waals surface area contributed by atoms with Gasteiger partial charge in [-0.15, -0.1) is 0 Å². The third kappa shape index (κ3) is 33.1. The standard InChI is InChI=1S/C58H102N4O4/c1-5-9-13-17-19-21-23-25-27-29-31-33-35-37-39-43-47-61-57(65)53-49-51(55(63)59-45-41-15-11-7-3)52(56(64)60-46-42-16-12-8-4)50-54(53)58(66)62-48-44-40-38-36-34-32-30-28-26-24-22-20-18-14-10-6-2/h25-28,49-50H,5-24,29-48H2,1-4H3,(H,59,63)(H,60,64)(H,61,65)(H,62,66)/b27-25-,28-26-. The molecule has 0 saturated carbocycles. The maximum atomic E-state index is 13.9. The first-order valence-corrected chi connectivity index (χ1v) is 28.0. The van der Waals surface area contributed by atoms with Crippen molar-refractivity contribution in [1.29, 1.82) is 0 Å². The molecule has 0 radical (unpaired) electrons. The van der Waals surface area contributed by atoms with E-state index in [2.05, 4.69) is 73.3 Å². The molecule has 0 heterocycles. The summed E-state index contributed by atoms with van der Waals surface area (Å²) in [5.41, 5.74) is 0.523. The van der Waals surface area contributed by atoms with Crippen molar-refractivity contribution in [2.45, 2.75) is 259 Å². The fourth-order valence-corrected chi connectivity index (χ4v) is 8.39. The fraction of sp³-hybridized carbons (Fsp3) is 0.759. The maximum absolute atomic E-state index is 13.9. The van der Waals surface area contributed by atoms with Crippen molar-refractivity contribution >= 4 is 23.6 Å². The molecule has 0 atom stereocenters. The Bertz CT molecular complexity index is 1320. The molecule has 66 heavy (non-hydrogen) atoms. The van der Waals surface area contributed by atoms with E-state index in [4.69, 9.17) is 0 Å². The molecule has 1 rings (SSSR count). The smallest absolute Gasteiger partial charge is 0.252 e. The fourth-order valence-electron chi connectivity index (χ4n) is 8.39. The molecule has 1 aromatic rings. The largest absolute Gasteiger partial charge is 0.352 e. The molecule has 8 heteroatoms. The Morgan fingerprint density at radius 1 is 0.288 bits per heavy atom. The summed E-state index contributed by atoms with van der Waals surface area (Å²) in [6, 6.07) is 2.95. The van der Waals surface area contributed by atoms with Gasteiger partial charge in [0.25, 0.3) is 23.6 Å². The number of unbranched alkanes of at least 4 members (excludes halogenated alkanes) is 30. The van der Waals surface area contributed by atoms with Crippen LogP contribution in [0.1, 0.15) is 300 Å². The van der Waals surface area contributed by atoms with Crippen molar-refractivity contribution < 1.29 is 19.2 Å². The highest BCUT2D eigenvalue weighted by atomic mass is 16.2. The third-order valence-corrected chi connectivity index (χ3v) is 12.7. The van der Waals surface area contributed by atoms with Gasteiger partial charge in [0.1, 0.15) is 0 Å². The van der Waals surface area contributed by atoms with Crippen LogP contribution in [0.4, 0.5) is 0 Å². The highest BCUT2D eigenvalue weighted by Gasteiger charge is 2.26. The predicted octanol–water partition coefficient (Wildman–Crippen LogP) is 15.8. The summed E-state index contributed by atoms with van der Waals surface area (Å²) < 4.78 is 0. The number of carbonyl (C=O) groups excluding carboxylic acids is 4. The summed E-state index contributed by atoms with van der Waals surface area (Å²) in [5.74, 6) is -1.59. The van der Waals surface area contributed by atoms with Crippen LogP contribution in [0.2, 0.25) is 0 Å². The molecule has 0 bridgehead atoms. The average Bonchev–Trinajstić information content (AvgIpc) is 3.32. The summed E-state index contributed by atoms with van der Waals surface area (Å²) in [7, 11) is 0. The van der Waals surface area contributed by atoms with Crippen molar-refractivity contribution in [3.63, 3.8) is 0 Å². The molecule has 4 N–H and O–H groups in total. The molecule has 0 aliphatic carbocycles. The Morgan fingerprint density at radius 2 is 0.470 bits per heavy atom. The van der Waals surface area contributed by atoms with Crippen LogP contribution in [0.15, 0.2) is 36.4 Å². The topological polar surface area (TPSA) is 116 Å². The zero-order valence-corrected chi connectivity index (χ0v) is 43.4. The lowest BCUT2D eigenvalue weighted by Crippen LogP contribution is -2.34. The molecule has 4 amide bonds. The molecule has 378 valence electrons. The van der Waals surface area contributed by atoms with E-state index in [1.54, 1.807) is 0 Å². The van der Waals surface area contributed by atoms with Crippen LogP contribution >= 0.6 is 0 Å². The lowest BCUT2D eigenvalue weighted by molar-refractivity contribution is 0.0907. The Kier molecular flexibility index (Phi) is 41.7. The molecular formula is C58H102N4O4. The van der Waals surface area contributed by atoms with Gasteiger partial charge in [0.2, 0.25) is 0 Å². The van der Waals surface area contributed by atoms with Gasteiger partial charge in [-0.3, -0.25) is 19.2 Å². The Labute approximate surface area is 406 Å². The zero-order valence-electron chi connectivity index (χ0n) is 43.4. The van der Waals surface area contributed by atoms with E-state index < -0.39 is 23.6 Å². The first-order chi connectivity index (χ1) is 32.4. The second-order valence-electron chi connectivity index (χ2n) is 19.0. The van der Waals surface area contributed by atoms with Gasteiger partial charge in [-0.2, -0.15) is 0 Å². The number of hydrogen-bond donors (Lipinski definition) is 4. The summed E-state index contributed by atoms with van der Waals surface area (Å²) in [6.07, 6.45) is 51.5. The van der Waals surface area contributed by atoms with E-state index >= 15 is 0 Å². The summed E-state index contributed by atoms with van der Waals surface area (Å²) >= 11 is 0. The van der Waals surface area contributed by atoms with E-state index in [-0.39, 0.29) is 22.3 Å². The highest BCUT2D eigenvalue weighted by Crippen LogP contribution is 2.20. The van der Waals surface area contributed by atoms with Gasteiger partial charge >= 0.3 is 0 Å². The number of amides is 4. The second-order valence-corrected chi connectivity index (χ2v) is 19.0. The Morgan fingerprint density at radius 3 is 0.697 bits per heavy atom. The number of nitrogens with one attached hydrogen (secondary N) is 4. The number of rotatable bonds is 46. The Hall–Kier alpha value is -3.42. The van der Waals surface area contributed by atoms with E-state index in [0.29, 0.717) is 26.2 Å². The molecular weight excluding hydrogens is 817 g/mol. The average molecular weight is 919 g/mol. The van der Waals surface area contributed by atoms with E-state index in [1.165, 1.54) is 141 Å². The first kappa shape index (κ1) is 60.6. The summed E-state index contributed by atoms with van der Waals surface area (Å²) in [4.78, 5) is 55.2. The lowest BCUT2D eigenvalue weighted by atomic mass is 9.95. The molecule has 0 aliphatic heterocycles. The second kappa shape index (κ2) is 45.4. The molecule has 1 aromatic carbocycles. The zero-order chi connectivity index (χ0) is 48.0. The molecule has 0 aliphatic rings. The van der Waals surface area contributed by atoms with Crippen LogP contribution in [0.3, 0.4) is 0 Å². The van der Waals surface area contributed by atoms with E-state index in [1.807, 2.05) is 0 Å². The monoisotopic (exact) mass is 919 g/mol. The van der Waals surface area contributed by atoms with Crippen LogP contribution in [0.5, 0.6) is 0 Å². The molecule has 0 aromatic heterocycles. The minimum Gasteiger partial charge on any atom is -0.352 e. The minimum atomic E-state index is -0.402. The van der Waals surface area contributed by atoms with Crippen LogP contribution < -0.4 is 21.3 Å². The molecule has 0 saturated heterocycles. The molecule has 0 fully saturated rings. The quantitative estimate of drug-likeness (QED) is 0.0385. The van der Waals surface area contributed by atoms with Crippen LogP contribution in [0.25, 0.3) is 0 Å². The molecule has 0 spiro atoms. The van der Waals surface area contributed by atoms with Crippen LogP contribution in [-0.2, 0) is 0 Å². The van der Waals surface area contributed by atoms with Gasteiger partial charge in [-0.25, -0.2) is 0 Å². The normalized spacial score (nSPS) is 11.5.